The van der Waals surface area contributed by atoms with Crippen molar-refractivity contribution < 1.29 is 19.5 Å². The van der Waals surface area contributed by atoms with E-state index in [9.17, 15) is 19.5 Å². The third-order valence-electron chi connectivity index (χ3n) is 3.23. The Hall–Kier alpha value is -2.17. The molecule has 1 aliphatic rings. The molecular formula is C14H15NO4. The van der Waals surface area contributed by atoms with E-state index in [1.54, 1.807) is 0 Å². The van der Waals surface area contributed by atoms with Gasteiger partial charge in [0.15, 0.2) is 5.78 Å². The van der Waals surface area contributed by atoms with Gasteiger partial charge in [0.2, 0.25) is 5.91 Å². The highest BCUT2D eigenvalue weighted by Crippen LogP contribution is 2.16. The summed E-state index contributed by atoms with van der Waals surface area (Å²) in [6.07, 6.45) is 0.0340. The minimum Gasteiger partial charge on any atom is -0.480 e. The maximum absolute atomic E-state index is 11.6. The summed E-state index contributed by atoms with van der Waals surface area (Å²) in [5, 5.41) is 9.25. The number of likely N-dealkylation sites (tertiary alicyclic amines) is 1. The fourth-order valence-corrected chi connectivity index (χ4v) is 2.17. The van der Waals surface area contributed by atoms with Gasteiger partial charge in [-0.15, -0.1) is 0 Å². The van der Waals surface area contributed by atoms with Crippen LogP contribution in [0.25, 0.3) is 0 Å². The van der Waals surface area contributed by atoms with E-state index >= 15 is 0 Å². The number of benzene rings is 1. The third-order valence-corrected chi connectivity index (χ3v) is 3.23. The third kappa shape index (κ3) is 2.99. The van der Waals surface area contributed by atoms with E-state index in [0.717, 1.165) is 16.0 Å². The van der Waals surface area contributed by atoms with Gasteiger partial charge in [-0.3, -0.25) is 9.59 Å². The molecule has 100 valence electrons. The average molecular weight is 261 g/mol. The quantitative estimate of drug-likeness (QED) is 0.813. The Bertz CT molecular complexity index is 521. The number of carbonyl (C=O) groups is 3. The largest absolute Gasteiger partial charge is 0.480 e. The van der Waals surface area contributed by atoms with Crippen molar-refractivity contribution in [1.29, 1.82) is 0 Å². The summed E-state index contributed by atoms with van der Waals surface area (Å²) in [7, 11) is 0. The minimum atomic E-state index is -1.08. The first-order valence-corrected chi connectivity index (χ1v) is 6.07. The van der Waals surface area contributed by atoms with Crippen LogP contribution in [0.2, 0.25) is 0 Å². The van der Waals surface area contributed by atoms with Crippen LogP contribution in [0, 0.1) is 6.92 Å². The lowest BCUT2D eigenvalue weighted by molar-refractivity contribution is -0.148. The number of amides is 1. The molecule has 19 heavy (non-hydrogen) atoms. The molecule has 0 aromatic heterocycles. The molecule has 0 spiro atoms. The van der Waals surface area contributed by atoms with Crippen molar-refractivity contribution in [1.82, 2.24) is 4.90 Å². The Morgan fingerprint density at radius 1 is 1.32 bits per heavy atom. The van der Waals surface area contributed by atoms with E-state index in [1.165, 1.54) is 0 Å². The van der Waals surface area contributed by atoms with Crippen LogP contribution in [-0.4, -0.2) is 40.3 Å². The number of carboxylic acid groups (broad SMARTS) is 1. The lowest BCUT2D eigenvalue weighted by Crippen LogP contribution is -2.43. The van der Waals surface area contributed by atoms with E-state index in [0.29, 0.717) is 0 Å². The number of aryl methyl sites for hydroxylation is 1. The topological polar surface area (TPSA) is 74.7 Å². The maximum atomic E-state index is 11.6. The molecule has 5 heteroatoms. The normalized spacial score (nSPS) is 16.8. The second-order valence-electron chi connectivity index (χ2n) is 4.78. The highest BCUT2D eigenvalue weighted by molar-refractivity contribution is 6.06. The molecule has 0 bridgehead atoms. The van der Waals surface area contributed by atoms with Crippen LogP contribution in [0.4, 0.5) is 0 Å². The summed E-state index contributed by atoms with van der Waals surface area (Å²) < 4.78 is 0. The van der Waals surface area contributed by atoms with Gasteiger partial charge >= 0.3 is 5.97 Å². The first-order chi connectivity index (χ1) is 8.97. The van der Waals surface area contributed by atoms with Gasteiger partial charge in [0.1, 0.15) is 6.04 Å². The first kappa shape index (κ1) is 13.3. The molecule has 1 saturated heterocycles. The first-order valence-electron chi connectivity index (χ1n) is 6.07. The van der Waals surface area contributed by atoms with Gasteiger partial charge in [-0.1, -0.05) is 29.8 Å². The van der Waals surface area contributed by atoms with Crippen LogP contribution >= 0.6 is 0 Å². The number of Topliss-reactive ketones (excluding diaryl/α,β-unsaturated/α-hetero) is 1. The smallest absolute Gasteiger partial charge is 0.326 e. The van der Waals surface area contributed by atoms with Crippen LogP contribution in [0.5, 0.6) is 0 Å². The van der Waals surface area contributed by atoms with Gasteiger partial charge in [0.25, 0.3) is 0 Å². The van der Waals surface area contributed by atoms with Crippen molar-refractivity contribution in [2.24, 2.45) is 0 Å². The van der Waals surface area contributed by atoms with Gasteiger partial charge in [0, 0.05) is 6.42 Å². The number of ketones is 1. The molecular weight excluding hydrogens is 246 g/mol. The lowest BCUT2D eigenvalue weighted by Gasteiger charge is -2.23. The summed E-state index contributed by atoms with van der Waals surface area (Å²) in [5.74, 6) is -1.70. The molecule has 1 aromatic carbocycles. The van der Waals surface area contributed by atoms with Crippen LogP contribution in [0.15, 0.2) is 24.3 Å². The zero-order valence-corrected chi connectivity index (χ0v) is 10.6. The summed E-state index contributed by atoms with van der Waals surface area (Å²) in [4.78, 5) is 35.3. The molecule has 1 atom stereocenters. The van der Waals surface area contributed by atoms with E-state index in [4.69, 9.17) is 0 Å². The van der Waals surface area contributed by atoms with Gasteiger partial charge < -0.3 is 10.0 Å². The Morgan fingerprint density at radius 3 is 2.42 bits per heavy atom. The zero-order chi connectivity index (χ0) is 14.0. The predicted octanol–water partition coefficient (Wildman–Crippen LogP) is 0.792. The summed E-state index contributed by atoms with van der Waals surface area (Å²) in [6.45, 7) is 1.85. The molecule has 2 rings (SSSR count). The van der Waals surface area contributed by atoms with Crippen molar-refractivity contribution >= 4 is 17.7 Å². The Morgan fingerprint density at radius 2 is 1.95 bits per heavy atom. The zero-order valence-electron chi connectivity index (χ0n) is 10.6. The maximum Gasteiger partial charge on any atom is 0.326 e. The molecule has 1 heterocycles. The summed E-state index contributed by atoms with van der Waals surface area (Å²) >= 11 is 0. The van der Waals surface area contributed by atoms with Gasteiger partial charge in [-0.05, 0) is 12.5 Å². The second-order valence-corrected chi connectivity index (χ2v) is 4.78. The molecule has 1 N–H and O–H groups in total. The average Bonchev–Trinajstić information content (AvgIpc) is 2.67. The molecule has 1 aromatic rings. The molecule has 5 nitrogen and oxygen atoms in total. The van der Waals surface area contributed by atoms with Gasteiger partial charge in [-0.2, -0.15) is 0 Å². The molecule has 0 unspecified atom stereocenters. The Balaban J connectivity index is 2.17. The van der Waals surface area contributed by atoms with E-state index in [1.807, 2.05) is 31.2 Å². The van der Waals surface area contributed by atoms with Crippen LogP contribution in [-0.2, 0) is 20.8 Å². The van der Waals surface area contributed by atoms with Crippen LogP contribution in [0.1, 0.15) is 17.5 Å². The van der Waals surface area contributed by atoms with Crippen LogP contribution < -0.4 is 0 Å². The number of aliphatic carboxylic acids is 1. The molecule has 0 radical (unpaired) electrons. The number of carboxylic acids is 1. The van der Waals surface area contributed by atoms with Crippen molar-refractivity contribution in [2.75, 3.05) is 6.54 Å². The predicted molar refractivity (Wildman–Crippen MR) is 67.6 cm³/mol. The molecule has 1 aliphatic heterocycles. The molecule has 1 amide bonds. The van der Waals surface area contributed by atoms with Gasteiger partial charge in [0.05, 0.1) is 13.0 Å². The van der Waals surface area contributed by atoms with Crippen molar-refractivity contribution in [3.63, 3.8) is 0 Å². The minimum absolute atomic E-state index is 0.0956. The number of hydrogen-bond donors (Lipinski definition) is 1. The Kier molecular flexibility index (Phi) is 3.64. The van der Waals surface area contributed by atoms with E-state index in [2.05, 4.69) is 0 Å². The highest BCUT2D eigenvalue weighted by atomic mass is 16.4. The molecule has 1 fully saturated rings. The summed E-state index contributed by atoms with van der Waals surface area (Å²) in [5.41, 5.74) is 1.92. The summed E-state index contributed by atoms with van der Waals surface area (Å²) in [6, 6.07) is 6.50. The van der Waals surface area contributed by atoms with Crippen LogP contribution in [0.3, 0.4) is 0 Å². The highest BCUT2D eigenvalue weighted by Gasteiger charge is 2.36. The fraction of sp³-hybridized carbons (Fsp3) is 0.357. The number of nitrogens with zero attached hydrogens (tertiary/aromatic N) is 1. The lowest BCUT2D eigenvalue weighted by atomic mass is 10.0. The number of hydrogen-bond acceptors (Lipinski definition) is 3. The van der Waals surface area contributed by atoms with Crippen molar-refractivity contribution in [3.05, 3.63) is 35.4 Å². The fourth-order valence-electron chi connectivity index (χ4n) is 2.17. The molecule has 0 aliphatic carbocycles. The Labute approximate surface area is 110 Å². The SMILES string of the molecule is Cc1ccc(C[C@@H](C(=O)O)N2CC(=O)CC2=O)cc1. The van der Waals surface area contributed by atoms with Gasteiger partial charge in [-0.25, -0.2) is 4.79 Å². The second kappa shape index (κ2) is 5.22. The van der Waals surface area contributed by atoms with E-state index < -0.39 is 17.9 Å². The number of rotatable bonds is 4. The molecule has 0 saturated carbocycles. The monoisotopic (exact) mass is 261 g/mol. The van der Waals surface area contributed by atoms with Crippen molar-refractivity contribution in [2.45, 2.75) is 25.8 Å². The number of carbonyl (C=O) groups excluding carboxylic acids is 2. The van der Waals surface area contributed by atoms with Crippen molar-refractivity contribution in [3.8, 4) is 0 Å². The standard InChI is InChI=1S/C14H15NO4/c1-9-2-4-10(5-3-9)6-12(14(18)19)15-8-11(16)7-13(15)17/h2-5,12H,6-8H2,1H3,(H,18,19)/t12-/m0/s1. The van der Waals surface area contributed by atoms with E-state index in [-0.39, 0.29) is 25.2 Å².